The zero-order valence-electron chi connectivity index (χ0n) is 17.3. The van der Waals surface area contributed by atoms with E-state index in [4.69, 9.17) is 14.5 Å². The third kappa shape index (κ3) is 2.58. The van der Waals surface area contributed by atoms with Crippen LogP contribution in [0, 0.1) is 0 Å². The summed E-state index contributed by atoms with van der Waals surface area (Å²) in [6.45, 7) is 0. The van der Waals surface area contributed by atoms with E-state index >= 15 is 0 Å². The first-order chi connectivity index (χ1) is 15.3. The highest BCUT2D eigenvalue weighted by Crippen LogP contribution is 2.37. The average molecular weight is 404 g/mol. The fourth-order valence-electron chi connectivity index (χ4n) is 4.56. The molecule has 4 aromatic carbocycles. The molecular weight excluding hydrogens is 384 g/mol. The molecule has 1 N–H and O–H groups in total. The molecule has 31 heavy (non-hydrogen) atoms. The maximum Gasteiger partial charge on any atom is 0.128 e. The topological polar surface area (TPSA) is 46.6 Å². The van der Waals surface area contributed by atoms with Gasteiger partial charge in [0.25, 0.3) is 0 Å². The van der Waals surface area contributed by atoms with Crippen molar-refractivity contribution in [1.82, 2.24) is 4.98 Å². The zero-order valence-corrected chi connectivity index (χ0v) is 17.3. The first-order valence-electron chi connectivity index (χ1n) is 10.2. The molecule has 0 spiro atoms. The Morgan fingerprint density at radius 2 is 1.58 bits per heavy atom. The Hall–Kier alpha value is -4.05. The van der Waals surface area contributed by atoms with Crippen LogP contribution in [0.4, 0.5) is 5.69 Å². The Kier molecular flexibility index (Phi) is 3.87. The third-order valence-electron chi connectivity index (χ3n) is 5.98. The van der Waals surface area contributed by atoms with E-state index in [-0.39, 0.29) is 0 Å². The van der Waals surface area contributed by atoms with Crippen molar-refractivity contribution in [3.8, 4) is 22.6 Å². The lowest BCUT2D eigenvalue weighted by Crippen LogP contribution is -2.25. The molecule has 0 amide bonds. The van der Waals surface area contributed by atoms with Crippen LogP contribution >= 0.6 is 0 Å². The number of nitrogens with zero attached hydrogens (tertiary/aromatic N) is 1. The van der Waals surface area contributed by atoms with E-state index in [1.165, 1.54) is 0 Å². The van der Waals surface area contributed by atoms with Crippen molar-refractivity contribution in [3.63, 3.8) is 0 Å². The summed E-state index contributed by atoms with van der Waals surface area (Å²) in [4.78, 5) is 8.51. The lowest BCUT2D eigenvalue weighted by Gasteiger charge is -2.07. The minimum atomic E-state index is 0.839. The van der Waals surface area contributed by atoms with E-state index in [1.807, 2.05) is 36.4 Å². The quantitative estimate of drug-likeness (QED) is 0.446. The summed E-state index contributed by atoms with van der Waals surface area (Å²) in [6.07, 6.45) is 2.19. The summed E-state index contributed by atoms with van der Waals surface area (Å²) in [6, 6.07) is 24.7. The van der Waals surface area contributed by atoms with Crippen molar-refractivity contribution in [2.45, 2.75) is 0 Å². The van der Waals surface area contributed by atoms with E-state index in [2.05, 4.69) is 47.5 Å². The van der Waals surface area contributed by atoms with Crippen LogP contribution in [0.15, 0.2) is 77.8 Å². The predicted molar refractivity (Wildman–Crippen MR) is 125 cm³/mol. The fraction of sp³-hybridized carbons (Fsp3) is 0.0741. The number of aromatic amines is 1. The van der Waals surface area contributed by atoms with Crippen molar-refractivity contribution in [1.29, 1.82) is 0 Å². The van der Waals surface area contributed by atoms with Gasteiger partial charge >= 0.3 is 0 Å². The van der Waals surface area contributed by atoms with Crippen LogP contribution in [0.2, 0.25) is 0 Å². The van der Waals surface area contributed by atoms with Gasteiger partial charge < -0.3 is 14.5 Å². The summed E-state index contributed by atoms with van der Waals surface area (Å²) >= 11 is 0. The maximum absolute atomic E-state index is 5.68. The molecule has 0 radical (unpaired) electrons. The Bertz CT molecular complexity index is 1610. The number of aromatic nitrogens is 1. The van der Waals surface area contributed by atoms with Crippen LogP contribution in [0.3, 0.4) is 0 Å². The summed E-state index contributed by atoms with van der Waals surface area (Å²) in [5.41, 5.74) is 6.37. The standard InChI is InChI=1S/C27H20N2O2/c1-30-22-13-11-16(26-24(22)18-7-3-5-9-20(18)28-26)15-17-12-14-23(31-2)25-19-8-4-6-10-21(19)29-27(17)25/h3-15,28H,1-2H3. The first kappa shape index (κ1) is 17.8. The van der Waals surface area contributed by atoms with Gasteiger partial charge in [0.05, 0.1) is 36.3 Å². The van der Waals surface area contributed by atoms with Gasteiger partial charge in [0.15, 0.2) is 0 Å². The molecule has 5 aromatic rings. The van der Waals surface area contributed by atoms with E-state index in [0.717, 1.165) is 66.3 Å². The third-order valence-corrected chi connectivity index (χ3v) is 5.98. The number of fused-ring (bicyclic) bond motifs is 6. The van der Waals surface area contributed by atoms with E-state index in [0.29, 0.717) is 0 Å². The maximum atomic E-state index is 5.68. The monoisotopic (exact) mass is 404 g/mol. The van der Waals surface area contributed by atoms with Gasteiger partial charge in [-0.25, -0.2) is 4.99 Å². The number of ether oxygens (including phenoxy) is 2. The van der Waals surface area contributed by atoms with Gasteiger partial charge in [0.1, 0.15) is 11.5 Å². The molecule has 0 fully saturated rings. The van der Waals surface area contributed by atoms with E-state index in [1.54, 1.807) is 14.2 Å². The molecule has 1 aliphatic rings. The van der Waals surface area contributed by atoms with Gasteiger partial charge in [0, 0.05) is 27.1 Å². The Morgan fingerprint density at radius 3 is 2.45 bits per heavy atom. The second-order valence-electron chi connectivity index (χ2n) is 7.63. The van der Waals surface area contributed by atoms with Gasteiger partial charge in [-0.15, -0.1) is 0 Å². The number of hydrogen-bond donors (Lipinski definition) is 1. The van der Waals surface area contributed by atoms with E-state index < -0.39 is 0 Å². The fourth-order valence-corrected chi connectivity index (χ4v) is 4.56. The van der Waals surface area contributed by atoms with Crippen LogP contribution in [-0.2, 0) is 0 Å². The molecule has 1 aliphatic heterocycles. The SMILES string of the molecule is COc1ccc(=Cc2ccc(OC)c3c2[nH]c2ccccc23)c2c1-c1ccccc1N=2. The zero-order chi connectivity index (χ0) is 20.9. The molecule has 0 saturated heterocycles. The van der Waals surface area contributed by atoms with E-state index in [9.17, 15) is 0 Å². The number of hydrogen-bond acceptors (Lipinski definition) is 3. The minimum Gasteiger partial charge on any atom is -0.496 e. The smallest absolute Gasteiger partial charge is 0.128 e. The minimum absolute atomic E-state index is 0.839. The van der Waals surface area contributed by atoms with Crippen LogP contribution in [-0.4, -0.2) is 19.2 Å². The lowest BCUT2D eigenvalue weighted by atomic mass is 10.0. The highest BCUT2D eigenvalue weighted by molar-refractivity contribution is 6.12. The molecular formula is C27H20N2O2. The second kappa shape index (κ2) is 6.74. The van der Waals surface area contributed by atoms with Crippen LogP contribution in [0.25, 0.3) is 39.0 Å². The van der Waals surface area contributed by atoms with Crippen molar-refractivity contribution in [2.75, 3.05) is 14.2 Å². The van der Waals surface area contributed by atoms with Gasteiger partial charge in [0.2, 0.25) is 0 Å². The molecule has 0 unspecified atom stereocenters. The molecule has 0 saturated carbocycles. The number of H-pyrrole nitrogens is 1. The molecule has 2 heterocycles. The number of para-hydroxylation sites is 2. The number of nitrogens with one attached hydrogen (secondary N) is 1. The number of methoxy groups -OCH3 is 2. The highest BCUT2D eigenvalue weighted by atomic mass is 16.5. The van der Waals surface area contributed by atoms with Crippen LogP contribution in [0.1, 0.15) is 5.56 Å². The molecule has 0 aliphatic carbocycles. The molecule has 0 bridgehead atoms. The summed E-state index contributed by atoms with van der Waals surface area (Å²) < 4.78 is 11.3. The van der Waals surface area contributed by atoms with Crippen molar-refractivity contribution < 1.29 is 9.47 Å². The van der Waals surface area contributed by atoms with Gasteiger partial charge in [-0.2, -0.15) is 0 Å². The molecule has 4 heteroatoms. The lowest BCUT2D eigenvalue weighted by molar-refractivity contribution is 0.416. The number of benzene rings is 4. The summed E-state index contributed by atoms with van der Waals surface area (Å²) in [7, 11) is 3.42. The molecule has 6 rings (SSSR count). The summed E-state index contributed by atoms with van der Waals surface area (Å²) in [5.74, 6) is 1.70. The van der Waals surface area contributed by atoms with Gasteiger partial charge in [-0.05, 0) is 48.0 Å². The first-order valence-corrected chi connectivity index (χ1v) is 10.2. The number of rotatable bonds is 3. The molecule has 1 aromatic heterocycles. The second-order valence-corrected chi connectivity index (χ2v) is 7.63. The summed E-state index contributed by atoms with van der Waals surface area (Å²) in [5, 5.41) is 4.25. The van der Waals surface area contributed by atoms with Crippen molar-refractivity contribution >= 4 is 33.6 Å². The largest absolute Gasteiger partial charge is 0.496 e. The molecule has 150 valence electrons. The van der Waals surface area contributed by atoms with Gasteiger partial charge in [-0.1, -0.05) is 36.4 Å². The normalized spacial score (nSPS) is 12.6. The Morgan fingerprint density at radius 1 is 0.806 bits per heavy atom. The highest BCUT2D eigenvalue weighted by Gasteiger charge is 2.19. The Balaban J connectivity index is 1.68. The van der Waals surface area contributed by atoms with Crippen LogP contribution < -0.4 is 20.0 Å². The van der Waals surface area contributed by atoms with Crippen molar-refractivity contribution in [2.24, 2.45) is 4.99 Å². The average Bonchev–Trinajstić information content (AvgIpc) is 3.39. The van der Waals surface area contributed by atoms with Crippen molar-refractivity contribution in [3.05, 3.63) is 88.9 Å². The van der Waals surface area contributed by atoms with Gasteiger partial charge in [-0.3, -0.25) is 0 Å². The van der Waals surface area contributed by atoms with Crippen LogP contribution in [0.5, 0.6) is 11.5 Å². The molecule has 0 atom stereocenters. The molecule has 4 nitrogen and oxygen atoms in total. The Labute approximate surface area is 179 Å². The predicted octanol–water partition coefficient (Wildman–Crippen LogP) is 5.10.